The van der Waals surface area contributed by atoms with Crippen LogP contribution in [0.15, 0.2) is 33.6 Å². The van der Waals surface area contributed by atoms with E-state index in [1.807, 2.05) is 6.07 Å². The van der Waals surface area contributed by atoms with Crippen molar-refractivity contribution in [3.63, 3.8) is 0 Å². The second kappa shape index (κ2) is 5.75. The molecule has 1 aliphatic rings. The molecule has 1 aromatic carbocycles. The molecule has 20 heavy (non-hydrogen) atoms. The normalized spacial score (nSPS) is 19.2. The molecule has 0 radical (unpaired) electrons. The Morgan fingerprint density at radius 1 is 1.10 bits per heavy atom. The number of rotatable bonds is 2. The molecule has 0 saturated carbocycles. The van der Waals surface area contributed by atoms with E-state index in [-0.39, 0.29) is 5.54 Å². The van der Waals surface area contributed by atoms with Crippen molar-refractivity contribution in [2.75, 3.05) is 26.2 Å². The van der Waals surface area contributed by atoms with Crippen LogP contribution in [0.4, 0.5) is 0 Å². The van der Waals surface area contributed by atoms with Crippen LogP contribution in [0.25, 0.3) is 0 Å². The van der Waals surface area contributed by atoms with E-state index in [0.29, 0.717) is 18.0 Å². The van der Waals surface area contributed by atoms with E-state index < -0.39 is 10.0 Å². The third kappa shape index (κ3) is 3.42. The van der Waals surface area contributed by atoms with E-state index in [0.717, 1.165) is 17.6 Å². The van der Waals surface area contributed by atoms with Gasteiger partial charge in [0.15, 0.2) is 0 Å². The lowest BCUT2D eigenvalue weighted by atomic mass is 10.1. The topological polar surface area (TPSA) is 40.6 Å². The van der Waals surface area contributed by atoms with Crippen molar-refractivity contribution in [3.8, 4) is 0 Å². The van der Waals surface area contributed by atoms with Gasteiger partial charge in [-0.05, 0) is 39.0 Å². The summed E-state index contributed by atoms with van der Waals surface area (Å²) >= 11 is 3.32. The highest BCUT2D eigenvalue weighted by atomic mass is 79.9. The molecular weight excluding hydrogens is 340 g/mol. The molecule has 1 saturated heterocycles. The molecule has 112 valence electrons. The molecule has 0 unspecified atom stereocenters. The van der Waals surface area contributed by atoms with Crippen LogP contribution in [-0.4, -0.2) is 49.3 Å². The zero-order valence-electron chi connectivity index (χ0n) is 12.1. The number of halogens is 1. The number of nitrogens with zero attached hydrogens (tertiary/aromatic N) is 2. The van der Waals surface area contributed by atoms with Crippen LogP contribution in [-0.2, 0) is 10.0 Å². The van der Waals surface area contributed by atoms with Crippen LogP contribution in [0.1, 0.15) is 20.8 Å². The summed E-state index contributed by atoms with van der Waals surface area (Å²) in [6, 6.07) is 6.89. The Morgan fingerprint density at radius 2 is 1.70 bits per heavy atom. The van der Waals surface area contributed by atoms with Gasteiger partial charge in [-0.15, -0.1) is 0 Å². The minimum absolute atomic E-state index is 0.0889. The highest BCUT2D eigenvalue weighted by molar-refractivity contribution is 9.10. The summed E-state index contributed by atoms with van der Waals surface area (Å²) in [6.45, 7) is 9.12. The van der Waals surface area contributed by atoms with Gasteiger partial charge in [-0.2, -0.15) is 4.31 Å². The predicted octanol–water partition coefficient (Wildman–Crippen LogP) is 2.55. The summed E-state index contributed by atoms with van der Waals surface area (Å²) in [6.07, 6.45) is 0. The lowest BCUT2D eigenvalue weighted by Crippen LogP contribution is -2.54. The van der Waals surface area contributed by atoms with Crippen molar-refractivity contribution >= 4 is 26.0 Å². The lowest BCUT2D eigenvalue weighted by Gasteiger charge is -2.41. The van der Waals surface area contributed by atoms with Crippen LogP contribution in [0.2, 0.25) is 0 Å². The Kier molecular flexibility index (Phi) is 4.59. The first-order chi connectivity index (χ1) is 9.21. The fourth-order valence-electron chi connectivity index (χ4n) is 2.38. The van der Waals surface area contributed by atoms with Crippen LogP contribution < -0.4 is 0 Å². The minimum Gasteiger partial charge on any atom is -0.296 e. The quantitative estimate of drug-likeness (QED) is 0.813. The maximum Gasteiger partial charge on any atom is 0.243 e. The van der Waals surface area contributed by atoms with E-state index in [9.17, 15) is 8.42 Å². The number of piperazine rings is 1. The smallest absolute Gasteiger partial charge is 0.243 e. The van der Waals surface area contributed by atoms with Crippen molar-refractivity contribution in [2.45, 2.75) is 31.2 Å². The first-order valence-corrected chi connectivity index (χ1v) is 8.95. The van der Waals surface area contributed by atoms with E-state index in [4.69, 9.17) is 0 Å². The number of benzene rings is 1. The Balaban J connectivity index is 2.14. The highest BCUT2D eigenvalue weighted by Gasteiger charge is 2.32. The van der Waals surface area contributed by atoms with Crippen molar-refractivity contribution < 1.29 is 8.42 Å². The Hall–Kier alpha value is -0.430. The SMILES string of the molecule is CC(C)(C)N1CCN(S(=O)(=O)c2cccc(Br)c2)CC1. The van der Waals surface area contributed by atoms with Crippen LogP contribution in [0, 0.1) is 0 Å². The van der Waals surface area contributed by atoms with Crippen LogP contribution in [0.5, 0.6) is 0 Å². The van der Waals surface area contributed by atoms with Gasteiger partial charge in [0.2, 0.25) is 10.0 Å². The number of hydrogen-bond donors (Lipinski definition) is 0. The molecule has 0 atom stereocenters. The minimum atomic E-state index is -3.38. The average molecular weight is 361 g/mol. The summed E-state index contributed by atoms with van der Waals surface area (Å²) < 4.78 is 27.5. The number of sulfonamides is 1. The van der Waals surface area contributed by atoms with E-state index in [2.05, 4.69) is 41.6 Å². The molecular formula is C14H21BrN2O2S. The van der Waals surface area contributed by atoms with Crippen molar-refractivity contribution in [1.82, 2.24) is 9.21 Å². The van der Waals surface area contributed by atoms with Crippen molar-refractivity contribution in [3.05, 3.63) is 28.7 Å². The van der Waals surface area contributed by atoms with Gasteiger partial charge in [0.05, 0.1) is 4.90 Å². The fraction of sp³-hybridized carbons (Fsp3) is 0.571. The summed E-state index contributed by atoms with van der Waals surface area (Å²) in [4.78, 5) is 2.68. The Bertz CT molecular complexity index is 573. The molecule has 0 N–H and O–H groups in total. The maximum absolute atomic E-state index is 12.6. The van der Waals surface area contributed by atoms with Crippen LogP contribution in [0.3, 0.4) is 0 Å². The molecule has 4 nitrogen and oxygen atoms in total. The van der Waals surface area contributed by atoms with Gasteiger partial charge < -0.3 is 0 Å². The first-order valence-electron chi connectivity index (χ1n) is 6.72. The molecule has 0 spiro atoms. The van der Waals surface area contributed by atoms with E-state index >= 15 is 0 Å². The second-order valence-electron chi connectivity index (χ2n) is 6.02. The summed E-state index contributed by atoms with van der Waals surface area (Å²) in [5, 5.41) is 0. The maximum atomic E-state index is 12.6. The lowest BCUT2D eigenvalue weighted by molar-refractivity contribution is 0.0922. The zero-order chi connectivity index (χ0) is 15.0. The number of hydrogen-bond acceptors (Lipinski definition) is 3. The molecule has 0 bridgehead atoms. The molecule has 0 aromatic heterocycles. The van der Waals surface area contributed by atoms with Gasteiger partial charge >= 0.3 is 0 Å². The highest BCUT2D eigenvalue weighted by Crippen LogP contribution is 2.23. The van der Waals surface area contributed by atoms with E-state index in [1.165, 1.54) is 0 Å². The first kappa shape index (κ1) is 15.9. The van der Waals surface area contributed by atoms with Gasteiger partial charge in [-0.3, -0.25) is 4.90 Å². The largest absolute Gasteiger partial charge is 0.296 e. The van der Waals surface area contributed by atoms with Gasteiger partial charge in [0, 0.05) is 36.2 Å². The summed E-state index contributed by atoms with van der Waals surface area (Å²) in [7, 11) is -3.38. The van der Waals surface area contributed by atoms with Crippen molar-refractivity contribution in [1.29, 1.82) is 0 Å². The Morgan fingerprint density at radius 3 is 2.20 bits per heavy atom. The Labute approximate surface area is 129 Å². The molecule has 2 rings (SSSR count). The van der Waals surface area contributed by atoms with Gasteiger partial charge in [-0.25, -0.2) is 8.42 Å². The monoisotopic (exact) mass is 360 g/mol. The summed E-state index contributed by atoms with van der Waals surface area (Å²) in [5.41, 5.74) is 0.0889. The fourth-order valence-corrected chi connectivity index (χ4v) is 4.40. The third-order valence-corrected chi connectivity index (χ3v) is 6.01. The van der Waals surface area contributed by atoms with E-state index in [1.54, 1.807) is 22.5 Å². The zero-order valence-corrected chi connectivity index (χ0v) is 14.5. The molecule has 1 fully saturated rings. The van der Waals surface area contributed by atoms with Crippen molar-refractivity contribution in [2.24, 2.45) is 0 Å². The summed E-state index contributed by atoms with van der Waals surface area (Å²) in [5.74, 6) is 0. The molecule has 0 aliphatic carbocycles. The molecule has 1 aliphatic heterocycles. The molecule has 1 heterocycles. The standard InChI is InChI=1S/C14H21BrN2O2S/c1-14(2,3)16-7-9-17(10-8-16)20(18,19)13-6-4-5-12(15)11-13/h4-6,11H,7-10H2,1-3H3. The average Bonchev–Trinajstić information content (AvgIpc) is 2.38. The second-order valence-corrected chi connectivity index (χ2v) is 8.87. The van der Waals surface area contributed by atoms with Gasteiger partial charge in [0.25, 0.3) is 0 Å². The molecule has 6 heteroatoms. The predicted molar refractivity (Wildman–Crippen MR) is 84.2 cm³/mol. The van der Waals surface area contributed by atoms with Crippen LogP contribution >= 0.6 is 15.9 Å². The third-order valence-electron chi connectivity index (χ3n) is 3.62. The molecule has 0 amide bonds. The van der Waals surface area contributed by atoms with Gasteiger partial charge in [-0.1, -0.05) is 22.0 Å². The van der Waals surface area contributed by atoms with Gasteiger partial charge in [0.1, 0.15) is 0 Å². The molecule has 1 aromatic rings.